The molecule has 0 aromatic heterocycles. The second-order valence-electron chi connectivity index (χ2n) is 6.53. The minimum absolute atomic E-state index is 0.155. The van der Waals surface area contributed by atoms with Crippen LogP contribution in [-0.2, 0) is 0 Å². The van der Waals surface area contributed by atoms with Crippen molar-refractivity contribution >= 4 is 58.2 Å². The normalized spacial score (nSPS) is 12.1. The van der Waals surface area contributed by atoms with Crippen LogP contribution in [0.2, 0.25) is 0 Å². The monoisotopic (exact) mass is 512 g/mol. The fraction of sp³-hybridized carbons (Fsp3) is 0.0769. The molecule has 0 radical (unpaired) electrons. The topological polar surface area (TPSA) is 95.2 Å². The highest BCUT2D eigenvalue weighted by Gasteiger charge is 2.30. The molecule has 0 bridgehead atoms. The maximum Gasteiger partial charge on any atom is 0.138 e. The summed E-state index contributed by atoms with van der Waals surface area (Å²) in [6.45, 7) is 0. The van der Waals surface area contributed by atoms with E-state index in [1.165, 1.54) is 0 Å². The molecule has 0 fully saturated rings. The van der Waals surface area contributed by atoms with Crippen LogP contribution in [0.15, 0.2) is 90.1 Å². The molecule has 0 saturated carbocycles. The molecule has 0 atom stereocenters. The molecular formula is C26H16N4S4. The largest absolute Gasteiger partial charge is 0.192 e. The molecule has 0 saturated heterocycles. The summed E-state index contributed by atoms with van der Waals surface area (Å²) in [5.74, 6) is 0. The van der Waals surface area contributed by atoms with Crippen molar-refractivity contribution in [1.82, 2.24) is 0 Å². The number of rotatable bonds is 6. The third-order valence-electron chi connectivity index (χ3n) is 4.68. The predicted octanol–water partition coefficient (Wildman–Crippen LogP) is 7.53. The summed E-state index contributed by atoms with van der Waals surface area (Å²) in [6.07, 6.45) is 4.02. The summed E-state index contributed by atoms with van der Waals surface area (Å²) in [4.78, 5) is 0. The Bertz CT molecular complexity index is 1340. The molecule has 164 valence electrons. The summed E-state index contributed by atoms with van der Waals surface area (Å²) in [5.41, 5.74) is 2.29. The van der Waals surface area contributed by atoms with Crippen molar-refractivity contribution in [1.29, 1.82) is 21.0 Å². The first-order valence-corrected chi connectivity index (χ1v) is 13.8. The molecule has 8 heteroatoms. The maximum atomic E-state index is 9.98. The molecule has 0 unspecified atom stereocenters. The molecular weight excluding hydrogens is 497 g/mol. The van der Waals surface area contributed by atoms with Crippen LogP contribution < -0.4 is 0 Å². The Labute approximate surface area is 216 Å². The Balaban J connectivity index is 2.50. The van der Waals surface area contributed by atoms with Crippen LogP contribution in [0.3, 0.4) is 0 Å². The quantitative estimate of drug-likeness (QED) is 0.289. The number of benzene rings is 2. The van der Waals surface area contributed by atoms with Crippen molar-refractivity contribution < 1.29 is 0 Å². The zero-order valence-electron chi connectivity index (χ0n) is 18.2. The Hall–Kier alpha value is -3.24. The highest BCUT2D eigenvalue weighted by atomic mass is 32.3. The third kappa shape index (κ3) is 5.28. The van der Waals surface area contributed by atoms with E-state index in [4.69, 9.17) is 0 Å². The van der Waals surface area contributed by atoms with Crippen LogP contribution in [-0.4, -0.2) is 12.5 Å². The van der Waals surface area contributed by atoms with Gasteiger partial charge in [0.15, 0.2) is 0 Å². The second kappa shape index (κ2) is 12.3. The minimum Gasteiger partial charge on any atom is -0.192 e. The van der Waals surface area contributed by atoms with Crippen molar-refractivity contribution in [3.05, 3.63) is 101 Å². The van der Waals surface area contributed by atoms with Crippen LogP contribution in [0, 0.1) is 45.3 Å². The SMILES string of the molecule is CSC1=C(SC)SC(=C(C(=C(C#N)C#N)C(=C(C#N)C#N)c2ccccc2)c2ccccc2)S1. The molecule has 4 nitrogen and oxygen atoms in total. The van der Waals surface area contributed by atoms with Gasteiger partial charge in [0.2, 0.25) is 0 Å². The smallest absolute Gasteiger partial charge is 0.138 e. The van der Waals surface area contributed by atoms with Gasteiger partial charge in [-0.15, -0.1) is 23.5 Å². The lowest BCUT2D eigenvalue weighted by molar-refractivity contribution is 1.41. The lowest BCUT2D eigenvalue weighted by Crippen LogP contribution is -2.02. The van der Waals surface area contributed by atoms with E-state index in [9.17, 15) is 21.0 Å². The fourth-order valence-electron chi connectivity index (χ4n) is 3.26. The van der Waals surface area contributed by atoms with Gasteiger partial charge in [0, 0.05) is 16.7 Å². The first-order chi connectivity index (χ1) is 16.6. The van der Waals surface area contributed by atoms with Gasteiger partial charge in [0.1, 0.15) is 35.4 Å². The van der Waals surface area contributed by atoms with Gasteiger partial charge < -0.3 is 0 Å². The fourth-order valence-corrected chi connectivity index (χ4v) is 8.39. The molecule has 3 rings (SSSR count). The van der Waals surface area contributed by atoms with Crippen molar-refractivity contribution in [2.75, 3.05) is 12.5 Å². The lowest BCUT2D eigenvalue weighted by atomic mass is 9.84. The first kappa shape index (κ1) is 25.4. The summed E-state index contributed by atoms with van der Waals surface area (Å²) < 4.78 is 3.14. The minimum atomic E-state index is -0.158. The molecule has 0 spiro atoms. The van der Waals surface area contributed by atoms with Gasteiger partial charge >= 0.3 is 0 Å². The van der Waals surface area contributed by atoms with Crippen LogP contribution in [0.5, 0.6) is 0 Å². The van der Waals surface area contributed by atoms with E-state index in [-0.39, 0.29) is 16.7 Å². The van der Waals surface area contributed by atoms with Gasteiger partial charge in [-0.05, 0) is 23.6 Å². The van der Waals surface area contributed by atoms with Crippen molar-refractivity contribution in [2.24, 2.45) is 0 Å². The highest BCUT2D eigenvalue weighted by molar-refractivity contribution is 8.40. The van der Waals surface area contributed by atoms with E-state index in [1.807, 2.05) is 73.2 Å². The van der Waals surface area contributed by atoms with E-state index in [0.29, 0.717) is 16.7 Å². The molecule has 1 aliphatic heterocycles. The zero-order valence-corrected chi connectivity index (χ0v) is 21.5. The lowest BCUT2D eigenvalue weighted by Gasteiger charge is -2.19. The predicted molar refractivity (Wildman–Crippen MR) is 145 cm³/mol. The van der Waals surface area contributed by atoms with Gasteiger partial charge in [-0.3, -0.25) is 0 Å². The number of nitriles is 4. The van der Waals surface area contributed by atoms with E-state index >= 15 is 0 Å². The Morgan fingerprint density at radius 3 is 1.50 bits per heavy atom. The molecule has 0 amide bonds. The van der Waals surface area contributed by atoms with Crippen LogP contribution in [0.4, 0.5) is 0 Å². The van der Waals surface area contributed by atoms with E-state index in [1.54, 1.807) is 71.3 Å². The van der Waals surface area contributed by atoms with E-state index < -0.39 is 0 Å². The molecule has 1 aliphatic rings. The Morgan fingerprint density at radius 1 is 0.647 bits per heavy atom. The number of allylic oxidation sites excluding steroid dienone is 5. The summed E-state index contributed by atoms with van der Waals surface area (Å²) in [5, 5.41) is 39.7. The highest BCUT2D eigenvalue weighted by Crippen LogP contribution is 2.60. The number of thioether (sulfide) groups is 4. The van der Waals surface area contributed by atoms with Crippen LogP contribution in [0.1, 0.15) is 11.1 Å². The molecule has 0 aliphatic carbocycles. The molecule has 34 heavy (non-hydrogen) atoms. The standard InChI is InChI=1S/C26H16N4S4/c1-31-25-26(32-2)34-24(33-25)23(18-11-7-4-8-12-18)22(20(15-29)16-30)21(19(13-27)14-28)17-9-5-3-6-10-17/h3-12H,1-2H3. The van der Waals surface area contributed by atoms with Crippen molar-refractivity contribution in [3.63, 3.8) is 0 Å². The van der Waals surface area contributed by atoms with Gasteiger partial charge in [0.25, 0.3) is 0 Å². The van der Waals surface area contributed by atoms with Gasteiger partial charge in [-0.1, -0.05) is 84.2 Å². The van der Waals surface area contributed by atoms with Gasteiger partial charge in [0.05, 0.1) is 12.7 Å². The van der Waals surface area contributed by atoms with E-state index in [0.717, 1.165) is 18.3 Å². The molecule has 0 N–H and O–H groups in total. The van der Waals surface area contributed by atoms with Crippen molar-refractivity contribution in [2.45, 2.75) is 0 Å². The molecule has 2 aromatic carbocycles. The second-order valence-corrected chi connectivity index (χ2v) is 11.0. The molecule has 1 heterocycles. The van der Waals surface area contributed by atoms with Crippen LogP contribution >= 0.6 is 47.0 Å². The third-order valence-corrected chi connectivity index (χ3v) is 9.91. The number of nitrogens with zero attached hydrogens (tertiary/aromatic N) is 4. The average Bonchev–Trinajstić information content (AvgIpc) is 3.31. The Morgan fingerprint density at radius 2 is 1.09 bits per heavy atom. The Kier molecular flexibility index (Phi) is 9.17. The first-order valence-electron chi connectivity index (χ1n) is 9.76. The van der Waals surface area contributed by atoms with Gasteiger partial charge in [-0.25, -0.2) is 0 Å². The number of hydrogen-bond donors (Lipinski definition) is 0. The zero-order chi connectivity index (χ0) is 24.5. The average molecular weight is 513 g/mol. The summed E-state index contributed by atoms with van der Waals surface area (Å²) >= 11 is 6.43. The summed E-state index contributed by atoms with van der Waals surface area (Å²) in [6, 6.07) is 26.5. The van der Waals surface area contributed by atoms with Gasteiger partial charge in [-0.2, -0.15) is 21.0 Å². The van der Waals surface area contributed by atoms with E-state index in [2.05, 4.69) is 0 Å². The number of hydrogen-bond acceptors (Lipinski definition) is 8. The maximum absolute atomic E-state index is 9.98. The molecule has 2 aromatic rings. The van der Waals surface area contributed by atoms with Crippen molar-refractivity contribution in [3.8, 4) is 24.3 Å². The van der Waals surface area contributed by atoms with Crippen LogP contribution in [0.25, 0.3) is 11.1 Å². The summed E-state index contributed by atoms with van der Waals surface area (Å²) in [7, 11) is 0.